The minimum absolute atomic E-state index is 0.0280. The van der Waals surface area contributed by atoms with Gasteiger partial charge in [0.15, 0.2) is 0 Å². The molecular weight excluding hydrogens is 174 g/mol. The molecule has 1 aromatic rings. The lowest BCUT2D eigenvalue weighted by Gasteiger charge is -2.20. The maximum atomic E-state index is 10.9. The first-order valence-electron chi connectivity index (χ1n) is 4.93. The molecule has 0 spiro atoms. The third-order valence-corrected chi connectivity index (χ3v) is 2.51. The standard InChI is InChI=1S/C12H17NO/c1-9(10(2)13-11(3)14)12-7-5-4-6-8-12/h4-10H,1-3H3,(H,13,14)/t9-,10+/m1/s1. The average Bonchev–Trinajstić information content (AvgIpc) is 2.17. The molecule has 2 nitrogen and oxygen atoms in total. The number of rotatable bonds is 3. The van der Waals surface area contributed by atoms with Crippen LogP contribution in [0.15, 0.2) is 30.3 Å². The monoisotopic (exact) mass is 191 g/mol. The van der Waals surface area contributed by atoms with E-state index in [0.29, 0.717) is 5.92 Å². The molecule has 2 heteroatoms. The first-order valence-corrected chi connectivity index (χ1v) is 4.93. The van der Waals surface area contributed by atoms with Crippen LogP contribution < -0.4 is 5.32 Å². The average molecular weight is 191 g/mol. The van der Waals surface area contributed by atoms with Gasteiger partial charge in [-0.15, -0.1) is 0 Å². The molecule has 0 saturated carbocycles. The molecule has 0 fully saturated rings. The van der Waals surface area contributed by atoms with Gasteiger partial charge in [-0.3, -0.25) is 4.79 Å². The molecule has 0 saturated heterocycles. The van der Waals surface area contributed by atoms with E-state index < -0.39 is 0 Å². The van der Waals surface area contributed by atoms with Gasteiger partial charge in [0.25, 0.3) is 0 Å². The van der Waals surface area contributed by atoms with Crippen LogP contribution in [0.5, 0.6) is 0 Å². The summed E-state index contributed by atoms with van der Waals surface area (Å²) in [4.78, 5) is 10.9. The molecule has 0 aromatic heterocycles. The number of hydrogen-bond donors (Lipinski definition) is 1. The Morgan fingerprint density at radius 1 is 1.21 bits per heavy atom. The van der Waals surface area contributed by atoms with Crippen LogP contribution in [0.4, 0.5) is 0 Å². The van der Waals surface area contributed by atoms with Gasteiger partial charge in [-0.1, -0.05) is 37.3 Å². The van der Waals surface area contributed by atoms with Gasteiger partial charge in [-0.05, 0) is 12.5 Å². The Morgan fingerprint density at radius 3 is 2.29 bits per heavy atom. The summed E-state index contributed by atoms with van der Waals surface area (Å²) in [7, 11) is 0. The fraction of sp³-hybridized carbons (Fsp3) is 0.417. The molecule has 0 aliphatic carbocycles. The van der Waals surface area contributed by atoms with Crippen LogP contribution in [0.3, 0.4) is 0 Å². The minimum Gasteiger partial charge on any atom is -0.353 e. The predicted octanol–water partition coefficient (Wildman–Crippen LogP) is 2.31. The van der Waals surface area contributed by atoms with Crippen molar-refractivity contribution in [2.24, 2.45) is 0 Å². The molecule has 0 bridgehead atoms. The summed E-state index contributed by atoms with van der Waals surface area (Å²) in [5.41, 5.74) is 1.26. The van der Waals surface area contributed by atoms with Crippen LogP contribution in [0, 0.1) is 0 Å². The van der Waals surface area contributed by atoms with Gasteiger partial charge < -0.3 is 5.32 Å². The lowest BCUT2D eigenvalue weighted by Crippen LogP contribution is -2.34. The summed E-state index contributed by atoms with van der Waals surface area (Å²) in [5.74, 6) is 0.375. The normalized spacial score (nSPS) is 14.5. The lowest BCUT2D eigenvalue weighted by atomic mass is 9.94. The van der Waals surface area contributed by atoms with Crippen molar-refractivity contribution in [3.05, 3.63) is 35.9 Å². The first-order chi connectivity index (χ1) is 6.61. The van der Waals surface area contributed by atoms with Gasteiger partial charge in [0, 0.05) is 18.9 Å². The summed E-state index contributed by atoms with van der Waals surface area (Å²) in [5, 5.41) is 2.90. The highest BCUT2D eigenvalue weighted by molar-refractivity contribution is 5.73. The minimum atomic E-state index is 0.0280. The summed E-state index contributed by atoms with van der Waals surface area (Å²) < 4.78 is 0. The Labute approximate surface area is 85.3 Å². The summed E-state index contributed by atoms with van der Waals surface area (Å²) >= 11 is 0. The number of carbonyl (C=O) groups excluding carboxylic acids is 1. The van der Waals surface area contributed by atoms with E-state index in [2.05, 4.69) is 24.4 Å². The molecule has 0 heterocycles. The van der Waals surface area contributed by atoms with Gasteiger partial charge in [0.05, 0.1) is 0 Å². The molecule has 1 rings (SSSR count). The van der Waals surface area contributed by atoms with Crippen molar-refractivity contribution in [1.82, 2.24) is 5.32 Å². The zero-order chi connectivity index (χ0) is 10.6. The van der Waals surface area contributed by atoms with Gasteiger partial charge >= 0.3 is 0 Å². The van der Waals surface area contributed by atoms with Crippen LogP contribution in [-0.2, 0) is 4.79 Å². The highest BCUT2D eigenvalue weighted by Crippen LogP contribution is 2.18. The smallest absolute Gasteiger partial charge is 0.217 e. The zero-order valence-corrected chi connectivity index (χ0v) is 8.95. The highest BCUT2D eigenvalue weighted by atomic mass is 16.1. The molecule has 0 aliphatic heterocycles. The second-order valence-electron chi connectivity index (χ2n) is 3.69. The van der Waals surface area contributed by atoms with Crippen molar-refractivity contribution < 1.29 is 4.79 Å². The van der Waals surface area contributed by atoms with Crippen molar-refractivity contribution in [3.8, 4) is 0 Å². The zero-order valence-electron chi connectivity index (χ0n) is 8.95. The van der Waals surface area contributed by atoms with Gasteiger partial charge in [-0.2, -0.15) is 0 Å². The van der Waals surface area contributed by atoms with Crippen molar-refractivity contribution in [2.75, 3.05) is 0 Å². The topological polar surface area (TPSA) is 29.1 Å². The fourth-order valence-corrected chi connectivity index (χ4v) is 1.49. The molecule has 1 N–H and O–H groups in total. The Balaban J connectivity index is 2.65. The molecular formula is C12H17NO. The van der Waals surface area contributed by atoms with Crippen LogP contribution in [0.1, 0.15) is 32.3 Å². The predicted molar refractivity (Wildman–Crippen MR) is 58.1 cm³/mol. The number of benzene rings is 1. The molecule has 0 aliphatic rings. The van der Waals surface area contributed by atoms with Crippen LogP contribution >= 0.6 is 0 Å². The van der Waals surface area contributed by atoms with E-state index in [-0.39, 0.29) is 11.9 Å². The van der Waals surface area contributed by atoms with E-state index >= 15 is 0 Å². The third kappa shape index (κ3) is 2.87. The fourth-order valence-electron chi connectivity index (χ4n) is 1.49. The second-order valence-corrected chi connectivity index (χ2v) is 3.69. The second kappa shape index (κ2) is 4.80. The molecule has 0 radical (unpaired) electrons. The molecule has 14 heavy (non-hydrogen) atoms. The van der Waals surface area contributed by atoms with E-state index in [4.69, 9.17) is 0 Å². The van der Waals surface area contributed by atoms with Gasteiger partial charge in [-0.25, -0.2) is 0 Å². The van der Waals surface area contributed by atoms with E-state index in [1.165, 1.54) is 5.56 Å². The maximum Gasteiger partial charge on any atom is 0.217 e. The van der Waals surface area contributed by atoms with Crippen molar-refractivity contribution in [3.63, 3.8) is 0 Å². The van der Waals surface area contributed by atoms with Crippen LogP contribution in [-0.4, -0.2) is 11.9 Å². The number of amides is 1. The van der Waals surface area contributed by atoms with Gasteiger partial charge in [0.1, 0.15) is 0 Å². The van der Waals surface area contributed by atoms with E-state index in [9.17, 15) is 4.79 Å². The molecule has 76 valence electrons. The highest BCUT2D eigenvalue weighted by Gasteiger charge is 2.14. The molecule has 1 amide bonds. The molecule has 2 atom stereocenters. The SMILES string of the molecule is CC(=O)N[C@@H](C)[C@@H](C)c1ccccc1. The number of hydrogen-bond acceptors (Lipinski definition) is 1. The quantitative estimate of drug-likeness (QED) is 0.780. The summed E-state index contributed by atoms with van der Waals surface area (Å²) in [6.45, 7) is 5.70. The van der Waals surface area contributed by atoms with Crippen molar-refractivity contribution in [1.29, 1.82) is 0 Å². The Kier molecular flexibility index (Phi) is 3.69. The molecule has 0 unspecified atom stereocenters. The summed E-state index contributed by atoms with van der Waals surface area (Å²) in [6, 6.07) is 10.4. The Morgan fingerprint density at radius 2 is 1.79 bits per heavy atom. The van der Waals surface area contributed by atoms with Crippen molar-refractivity contribution >= 4 is 5.91 Å². The Bertz CT molecular complexity index is 294. The van der Waals surface area contributed by atoms with E-state index in [1.807, 2.05) is 25.1 Å². The third-order valence-electron chi connectivity index (χ3n) is 2.51. The van der Waals surface area contributed by atoms with E-state index in [1.54, 1.807) is 6.92 Å². The first kappa shape index (κ1) is 10.8. The van der Waals surface area contributed by atoms with Gasteiger partial charge in [0.2, 0.25) is 5.91 Å². The van der Waals surface area contributed by atoms with Crippen molar-refractivity contribution in [2.45, 2.75) is 32.7 Å². The largest absolute Gasteiger partial charge is 0.353 e. The maximum absolute atomic E-state index is 10.9. The van der Waals surface area contributed by atoms with Crippen LogP contribution in [0.25, 0.3) is 0 Å². The Hall–Kier alpha value is -1.31. The lowest BCUT2D eigenvalue weighted by molar-refractivity contribution is -0.119. The number of nitrogens with one attached hydrogen (secondary N) is 1. The van der Waals surface area contributed by atoms with E-state index in [0.717, 1.165) is 0 Å². The summed E-state index contributed by atoms with van der Waals surface area (Å²) in [6.07, 6.45) is 0. The number of carbonyl (C=O) groups is 1. The van der Waals surface area contributed by atoms with Crippen LogP contribution in [0.2, 0.25) is 0 Å². The molecule has 1 aromatic carbocycles.